The van der Waals surface area contributed by atoms with E-state index in [0.29, 0.717) is 27.6 Å². The number of aromatic nitrogens is 4. The van der Waals surface area contributed by atoms with Gasteiger partial charge in [-0.15, -0.1) is 10.2 Å². The van der Waals surface area contributed by atoms with E-state index in [0.717, 1.165) is 0 Å². The number of benzene rings is 2. The number of ether oxygens (including phenoxy) is 1. The lowest BCUT2D eigenvalue weighted by Gasteiger charge is -2.10. The maximum absolute atomic E-state index is 12.7. The zero-order chi connectivity index (χ0) is 19.5. The molecule has 0 aliphatic heterocycles. The summed E-state index contributed by atoms with van der Waals surface area (Å²) < 4.78 is 5.02. The van der Waals surface area contributed by atoms with Gasteiger partial charge in [0.2, 0.25) is 5.82 Å². The summed E-state index contributed by atoms with van der Waals surface area (Å²) in [5.74, 6) is -1.17. The minimum Gasteiger partial charge on any atom is -0.461 e. The lowest BCUT2D eigenvalue weighted by molar-refractivity contribution is 0.0520. The normalized spacial score (nSPS) is 10.8. The van der Waals surface area contributed by atoms with Crippen molar-refractivity contribution in [3.05, 3.63) is 66.1 Å². The number of anilines is 1. The highest BCUT2D eigenvalue weighted by molar-refractivity contribution is 6.08. The number of nitrogens with zero attached hydrogens (tertiary/aromatic N) is 4. The number of rotatable bonds is 4. The van der Waals surface area contributed by atoms with Crippen LogP contribution in [0.1, 0.15) is 28.0 Å². The number of pyridine rings is 1. The Labute approximate surface area is 159 Å². The number of esters is 1. The first-order valence-corrected chi connectivity index (χ1v) is 8.63. The largest absolute Gasteiger partial charge is 0.461 e. The lowest BCUT2D eigenvalue weighted by Crippen LogP contribution is -2.17. The molecule has 0 saturated carbocycles. The van der Waals surface area contributed by atoms with Gasteiger partial charge in [-0.05, 0) is 31.2 Å². The van der Waals surface area contributed by atoms with Gasteiger partial charge >= 0.3 is 5.97 Å². The highest BCUT2D eigenvalue weighted by Gasteiger charge is 2.17. The quantitative estimate of drug-likeness (QED) is 0.548. The van der Waals surface area contributed by atoms with Crippen molar-refractivity contribution in [2.45, 2.75) is 6.92 Å². The molecule has 8 heteroatoms. The Morgan fingerprint density at radius 1 is 0.929 bits per heavy atom. The van der Waals surface area contributed by atoms with Crippen LogP contribution >= 0.6 is 0 Å². The molecule has 0 atom stereocenters. The third kappa shape index (κ3) is 3.35. The van der Waals surface area contributed by atoms with Gasteiger partial charge in [0.15, 0.2) is 5.69 Å². The smallest absolute Gasteiger partial charge is 0.357 e. The Kier molecular flexibility index (Phi) is 4.59. The van der Waals surface area contributed by atoms with Gasteiger partial charge in [0, 0.05) is 5.39 Å². The lowest BCUT2D eigenvalue weighted by atomic mass is 10.1. The van der Waals surface area contributed by atoms with Crippen LogP contribution in [0.3, 0.4) is 0 Å². The van der Waals surface area contributed by atoms with Crippen molar-refractivity contribution in [3.63, 3.8) is 0 Å². The second-order valence-corrected chi connectivity index (χ2v) is 5.87. The van der Waals surface area contributed by atoms with E-state index >= 15 is 0 Å². The fourth-order valence-corrected chi connectivity index (χ4v) is 2.74. The van der Waals surface area contributed by atoms with Gasteiger partial charge < -0.3 is 10.1 Å². The Morgan fingerprint density at radius 2 is 1.64 bits per heavy atom. The molecule has 2 aromatic heterocycles. The van der Waals surface area contributed by atoms with E-state index in [2.05, 4.69) is 25.5 Å². The van der Waals surface area contributed by atoms with E-state index < -0.39 is 11.9 Å². The van der Waals surface area contributed by atoms with Crippen LogP contribution in [0.25, 0.3) is 21.9 Å². The second kappa shape index (κ2) is 7.36. The highest BCUT2D eigenvalue weighted by atomic mass is 16.5. The predicted molar refractivity (Wildman–Crippen MR) is 103 cm³/mol. The number of hydrogen-bond donors (Lipinski definition) is 1. The Hall–Kier alpha value is -3.94. The monoisotopic (exact) mass is 373 g/mol. The number of fused-ring (bicyclic) bond motifs is 2. The molecule has 0 aliphatic rings. The number of amides is 1. The molecule has 0 bridgehead atoms. The zero-order valence-electron chi connectivity index (χ0n) is 14.9. The fraction of sp³-hybridized carbons (Fsp3) is 0.100. The van der Waals surface area contributed by atoms with Crippen molar-refractivity contribution in [3.8, 4) is 0 Å². The molecule has 28 heavy (non-hydrogen) atoms. The summed E-state index contributed by atoms with van der Waals surface area (Å²) in [6.45, 7) is 1.94. The van der Waals surface area contributed by atoms with Gasteiger partial charge in [0.25, 0.3) is 5.91 Å². The molecule has 1 amide bonds. The average molecular weight is 373 g/mol. The van der Waals surface area contributed by atoms with E-state index in [4.69, 9.17) is 4.74 Å². The van der Waals surface area contributed by atoms with Crippen LogP contribution in [-0.2, 0) is 4.74 Å². The van der Waals surface area contributed by atoms with Gasteiger partial charge in [0.1, 0.15) is 5.52 Å². The summed E-state index contributed by atoms with van der Waals surface area (Å²) in [5.41, 5.74) is 2.23. The van der Waals surface area contributed by atoms with Crippen LogP contribution in [0.5, 0.6) is 0 Å². The number of carbonyl (C=O) groups excluding carboxylic acids is 2. The maximum Gasteiger partial charge on any atom is 0.357 e. The van der Waals surface area contributed by atoms with Crippen molar-refractivity contribution < 1.29 is 14.3 Å². The van der Waals surface area contributed by atoms with E-state index in [-0.39, 0.29) is 18.1 Å². The number of nitrogens with one attached hydrogen (secondary N) is 1. The minimum atomic E-state index is -0.563. The molecular formula is C20H15N5O3. The Morgan fingerprint density at radius 3 is 2.43 bits per heavy atom. The first-order chi connectivity index (χ1) is 13.7. The summed E-state index contributed by atoms with van der Waals surface area (Å²) in [6.07, 6.45) is 0. The van der Waals surface area contributed by atoms with Crippen LogP contribution in [0.4, 0.5) is 5.69 Å². The zero-order valence-corrected chi connectivity index (χ0v) is 14.9. The molecule has 0 saturated heterocycles. The van der Waals surface area contributed by atoms with Gasteiger partial charge in [-0.25, -0.2) is 14.8 Å². The van der Waals surface area contributed by atoms with Crippen molar-refractivity contribution in [1.29, 1.82) is 0 Å². The van der Waals surface area contributed by atoms with E-state index in [9.17, 15) is 9.59 Å². The summed E-state index contributed by atoms with van der Waals surface area (Å²) in [5, 5.41) is 11.3. The molecule has 138 valence electrons. The third-order valence-electron chi connectivity index (χ3n) is 4.01. The van der Waals surface area contributed by atoms with Crippen molar-refractivity contribution in [2.24, 2.45) is 0 Å². The highest BCUT2D eigenvalue weighted by Crippen LogP contribution is 2.24. The molecule has 2 aromatic carbocycles. The maximum atomic E-state index is 12.7. The average Bonchev–Trinajstić information content (AvgIpc) is 2.73. The standard InChI is InChI=1S/C20H15N5O3/c1-2-28-20(27)17-11-16(12-7-3-4-8-13(12)21-17)23-19(26)18-22-14-9-5-6-10-15(14)24-25-18/h3-11H,2H2,1H3,(H,21,23,26). The Bertz CT molecular complexity index is 1210. The van der Waals surface area contributed by atoms with Crippen LogP contribution in [0, 0.1) is 0 Å². The van der Waals surface area contributed by atoms with Crippen molar-refractivity contribution in [2.75, 3.05) is 11.9 Å². The first-order valence-electron chi connectivity index (χ1n) is 8.63. The van der Waals surface area contributed by atoms with Crippen molar-refractivity contribution in [1.82, 2.24) is 20.2 Å². The first kappa shape index (κ1) is 17.5. The van der Waals surface area contributed by atoms with Crippen LogP contribution in [0.2, 0.25) is 0 Å². The number of carbonyl (C=O) groups is 2. The summed E-state index contributed by atoms with van der Waals surface area (Å²) in [4.78, 5) is 33.4. The fourth-order valence-electron chi connectivity index (χ4n) is 2.74. The molecule has 4 rings (SSSR count). The molecule has 0 spiro atoms. The van der Waals surface area contributed by atoms with Gasteiger partial charge in [-0.3, -0.25) is 4.79 Å². The van der Waals surface area contributed by atoms with Crippen LogP contribution in [0.15, 0.2) is 54.6 Å². The molecule has 0 aliphatic carbocycles. The van der Waals surface area contributed by atoms with Gasteiger partial charge in [0.05, 0.1) is 23.3 Å². The van der Waals surface area contributed by atoms with E-state index in [1.807, 2.05) is 12.1 Å². The van der Waals surface area contributed by atoms with Gasteiger partial charge in [-0.2, -0.15) is 0 Å². The minimum absolute atomic E-state index is 0.0720. The van der Waals surface area contributed by atoms with E-state index in [1.165, 1.54) is 6.07 Å². The SMILES string of the molecule is CCOC(=O)c1cc(NC(=O)c2nnc3ccccc3n2)c2ccccc2n1. The topological polar surface area (TPSA) is 107 Å². The van der Waals surface area contributed by atoms with Gasteiger partial charge in [-0.1, -0.05) is 30.3 Å². The molecule has 8 nitrogen and oxygen atoms in total. The Balaban J connectivity index is 1.72. The predicted octanol–water partition coefficient (Wildman–Crippen LogP) is 3.00. The third-order valence-corrected chi connectivity index (χ3v) is 4.01. The number of hydrogen-bond acceptors (Lipinski definition) is 7. The van der Waals surface area contributed by atoms with Crippen LogP contribution in [-0.4, -0.2) is 38.6 Å². The molecule has 2 heterocycles. The van der Waals surface area contributed by atoms with E-state index in [1.54, 1.807) is 43.3 Å². The summed E-state index contributed by atoms with van der Waals surface area (Å²) >= 11 is 0. The van der Waals surface area contributed by atoms with Crippen LogP contribution < -0.4 is 5.32 Å². The number of para-hydroxylation sites is 2. The summed E-state index contributed by atoms with van der Waals surface area (Å²) in [6, 6.07) is 15.8. The molecule has 0 unspecified atom stereocenters. The summed E-state index contributed by atoms with van der Waals surface area (Å²) in [7, 11) is 0. The second-order valence-electron chi connectivity index (χ2n) is 5.87. The molecule has 1 N–H and O–H groups in total. The van der Waals surface area contributed by atoms with Crippen molar-refractivity contribution >= 4 is 39.5 Å². The molecule has 4 aromatic rings. The molecule has 0 radical (unpaired) electrons. The molecule has 0 fully saturated rings. The molecular weight excluding hydrogens is 358 g/mol.